The molecule has 3 heterocycles. The zero-order valence-electron chi connectivity index (χ0n) is 17.2. The number of nitrogen functional groups attached to an aromatic ring is 1. The summed E-state index contributed by atoms with van der Waals surface area (Å²) in [5.41, 5.74) is 8.05. The highest BCUT2D eigenvalue weighted by molar-refractivity contribution is 7.99. The van der Waals surface area contributed by atoms with Gasteiger partial charge in [-0.05, 0) is 48.9 Å². The summed E-state index contributed by atoms with van der Waals surface area (Å²) in [6.45, 7) is 6.11. The van der Waals surface area contributed by atoms with Gasteiger partial charge in [-0.3, -0.25) is 0 Å². The van der Waals surface area contributed by atoms with Gasteiger partial charge in [-0.25, -0.2) is 9.97 Å². The molecule has 3 aromatic heterocycles. The maximum atomic E-state index is 6.24. The predicted molar refractivity (Wildman–Crippen MR) is 118 cm³/mol. The summed E-state index contributed by atoms with van der Waals surface area (Å²) >= 11 is 3.07. The van der Waals surface area contributed by atoms with Crippen molar-refractivity contribution in [2.24, 2.45) is 0 Å². The molecule has 30 heavy (non-hydrogen) atoms. The molecule has 0 spiro atoms. The van der Waals surface area contributed by atoms with E-state index in [-0.39, 0.29) is 5.25 Å². The molecule has 9 nitrogen and oxygen atoms in total. The zero-order valence-corrected chi connectivity index (χ0v) is 18.8. The maximum absolute atomic E-state index is 6.24. The molecule has 0 saturated heterocycles. The van der Waals surface area contributed by atoms with E-state index in [1.54, 1.807) is 30.2 Å². The highest BCUT2D eigenvalue weighted by Gasteiger charge is 2.21. The summed E-state index contributed by atoms with van der Waals surface area (Å²) in [5.74, 6) is 2.44. The Kier molecular flexibility index (Phi) is 5.48. The van der Waals surface area contributed by atoms with E-state index in [0.29, 0.717) is 34.0 Å². The van der Waals surface area contributed by atoms with E-state index < -0.39 is 0 Å². The molecule has 156 valence electrons. The molecule has 4 aromatic rings. The van der Waals surface area contributed by atoms with Gasteiger partial charge < -0.3 is 15.2 Å². The molecule has 2 N–H and O–H groups in total. The van der Waals surface area contributed by atoms with Gasteiger partial charge in [-0.1, -0.05) is 11.8 Å². The highest BCUT2D eigenvalue weighted by atomic mass is 32.2. The van der Waals surface area contributed by atoms with Gasteiger partial charge in [-0.15, -0.1) is 16.4 Å². The third-order valence-corrected chi connectivity index (χ3v) is 6.91. The van der Waals surface area contributed by atoms with Gasteiger partial charge in [0.1, 0.15) is 33.7 Å². The Morgan fingerprint density at radius 1 is 1.17 bits per heavy atom. The van der Waals surface area contributed by atoms with Gasteiger partial charge in [0.15, 0.2) is 0 Å². The number of tetrazole rings is 1. The van der Waals surface area contributed by atoms with Crippen LogP contribution < -0.4 is 15.2 Å². The summed E-state index contributed by atoms with van der Waals surface area (Å²) in [4.78, 5) is 11.4. The van der Waals surface area contributed by atoms with Crippen LogP contribution in [0.1, 0.15) is 28.4 Å². The Morgan fingerprint density at radius 3 is 2.70 bits per heavy atom. The molecule has 0 radical (unpaired) electrons. The standard InChI is InChI=1S/C19H21N7O2S2/c1-9-10(2)29-18-15(9)16(20)21-17(22-18)11(3)30-19-23-24-25-26(19)13-8-12(27-4)6-7-14(13)28-5/h6-8,11H,1-5H3,(H2,20,21,22). The molecule has 0 aliphatic carbocycles. The number of aromatic nitrogens is 6. The first-order valence-corrected chi connectivity index (χ1v) is 10.8. The predicted octanol–water partition coefficient (Wildman–Crippen LogP) is 3.74. The molecule has 0 bridgehead atoms. The van der Waals surface area contributed by atoms with Crippen molar-refractivity contribution in [2.45, 2.75) is 31.2 Å². The van der Waals surface area contributed by atoms with Crippen LogP contribution in [0.4, 0.5) is 5.82 Å². The van der Waals surface area contributed by atoms with Gasteiger partial charge in [0.25, 0.3) is 0 Å². The third kappa shape index (κ3) is 3.54. The molecule has 1 aromatic carbocycles. The largest absolute Gasteiger partial charge is 0.497 e. The maximum Gasteiger partial charge on any atom is 0.214 e. The molecule has 4 rings (SSSR count). The molecule has 0 saturated carbocycles. The van der Waals surface area contributed by atoms with Crippen LogP contribution >= 0.6 is 23.1 Å². The number of anilines is 1. The quantitative estimate of drug-likeness (QED) is 0.445. The second-order valence-electron chi connectivity index (χ2n) is 6.60. The van der Waals surface area contributed by atoms with E-state index in [2.05, 4.69) is 27.4 Å². The van der Waals surface area contributed by atoms with Crippen molar-refractivity contribution in [3.63, 3.8) is 0 Å². The minimum absolute atomic E-state index is 0.124. The average Bonchev–Trinajstić information content (AvgIpc) is 3.31. The molecular weight excluding hydrogens is 422 g/mol. The molecular formula is C19H21N7O2S2. The lowest BCUT2D eigenvalue weighted by molar-refractivity contribution is 0.399. The molecule has 11 heteroatoms. The number of hydrogen-bond donors (Lipinski definition) is 1. The number of fused-ring (bicyclic) bond motifs is 1. The fourth-order valence-corrected chi connectivity index (χ4v) is 4.95. The lowest BCUT2D eigenvalue weighted by Crippen LogP contribution is -2.05. The second-order valence-corrected chi connectivity index (χ2v) is 9.11. The number of thioether (sulfide) groups is 1. The fourth-order valence-electron chi connectivity index (χ4n) is 3.06. The van der Waals surface area contributed by atoms with Crippen LogP contribution in [-0.2, 0) is 0 Å². The number of hydrogen-bond acceptors (Lipinski definition) is 10. The van der Waals surface area contributed by atoms with E-state index >= 15 is 0 Å². The molecule has 0 fully saturated rings. The number of benzene rings is 1. The van der Waals surface area contributed by atoms with Gasteiger partial charge in [0.05, 0.1) is 24.9 Å². The summed E-state index contributed by atoms with van der Waals surface area (Å²) in [6, 6.07) is 5.45. The van der Waals surface area contributed by atoms with Crippen molar-refractivity contribution in [2.75, 3.05) is 20.0 Å². The summed E-state index contributed by atoms with van der Waals surface area (Å²) in [6.07, 6.45) is 0. The number of nitrogens with zero attached hydrogens (tertiary/aromatic N) is 6. The van der Waals surface area contributed by atoms with Crippen molar-refractivity contribution in [1.82, 2.24) is 30.2 Å². The fraction of sp³-hybridized carbons (Fsp3) is 0.316. The van der Waals surface area contributed by atoms with Crippen molar-refractivity contribution >= 4 is 39.1 Å². The first-order valence-electron chi connectivity index (χ1n) is 9.13. The Morgan fingerprint density at radius 2 is 1.97 bits per heavy atom. The SMILES string of the molecule is COc1ccc(OC)c(-n2nnnc2SC(C)c2nc(N)c3c(C)c(C)sc3n2)c1. The van der Waals surface area contributed by atoms with Crippen LogP contribution in [0.5, 0.6) is 11.5 Å². The van der Waals surface area contributed by atoms with Crippen LogP contribution in [-0.4, -0.2) is 44.4 Å². The van der Waals surface area contributed by atoms with Crippen LogP contribution in [0.3, 0.4) is 0 Å². The monoisotopic (exact) mass is 443 g/mol. The van der Waals surface area contributed by atoms with Crippen LogP contribution in [0.15, 0.2) is 23.4 Å². The Bertz CT molecular complexity index is 1220. The van der Waals surface area contributed by atoms with E-state index in [9.17, 15) is 0 Å². The highest BCUT2D eigenvalue weighted by Crippen LogP contribution is 2.38. The summed E-state index contributed by atoms with van der Waals surface area (Å²) < 4.78 is 12.4. The Labute approximate surface area is 181 Å². The van der Waals surface area contributed by atoms with E-state index in [0.717, 1.165) is 15.8 Å². The molecule has 1 atom stereocenters. The van der Waals surface area contributed by atoms with E-state index in [4.69, 9.17) is 20.2 Å². The van der Waals surface area contributed by atoms with Crippen molar-refractivity contribution in [3.05, 3.63) is 34.5 Å². The molecule has 0 aliphatic heterocycles. The summed E-state index contributed by atoms with van der Waals surface area (Å²) in [7, 11) is 3.21. The number of methoxy groups -OCH3 is 2. The van der Waals surface area contributed by atoms with Crippen LogP contribution in [0, 0.1) is 13.8 Å². The van der Waals surface area contributed by atoms with E-state index in [1.165, 1.54) is 16.6 Å². The minimum atomic E-state index is -0.124. The first kappa shape index (κ1) is 20.4. The van der Waals surface area contributed by atoms with E-state index in [1.807, 2.05) is 32.0 Å². The normalized spacial score (nSPS) is 12.3. The van der Waals surface area contributed by atoms with Crippen molar-refractivity contribution in [1.29, 1.82) is 0 Å². The van der Waals surface area contributed by atoms with Crippen molar-refractivity contribution < 1.29 is 9.47 Å². The van der Waals surface area contributed by atoms with Gasteiger partial charge >= 0.3 is 0 Å². The van der Waals surface area contributed by atoms with Gasteiger partial charge in [0, 0.05) is 10.9 Å². The number of nitrogens with two attached hydrogens (primary N) is 1. The molecule has 1 unspecified atom stereocenters. The lowest BCUT2D eigenvalue weighted by atomic mass is 10.2. The summed E-state index contributed by atoms with van der Waals surface area (Å²) in [5, 5.41) is 13.5. The smallest absolute Gasteiger partial charge is 0.214 e. The lowest BCUT2D eigenvalue weighted by Gasteiger charge is -2.13. The Balaban J connectivity index is 1.69. The van der Waals surface area contributed by atoms with Crippen LogP contribution in [0.2, 0.25) is 0 Å². The van der Waals surface area contributed by atoms with Gasteiger partial charge in [-0.2, -0.15) is 4.68 Å². The molecule has 0 aliphatic rings. The second kappa shape index (κ2) is 8.07. The number of ether oxygens (including phenoxy) is 2. The van der Waals surface area contributed by atoms with Gasteiger partial charge in [0.2, 0.25) is 5.16 Å². The first-order chi connectivity index (χ1) is 14.4. The number of aryl methyl sites for hydroxylation is 2. The zero-order chi connectivity index (χ0) is 21.4. The molecule has 0 amide bonds. The third-order valence-electron chi connectivity index (χ3n) is 4.77. The average molecular weight is 444 g/mol. The van der Waals surface area contributed by atoms with Crippen LogP contribution in [0.25, 0.3) is 15.9 Å². The Hall–Kier alpha value is -2.92. The number of thiophene rings is 1. The number of rotatable bonds is 6. The topological polar surface area (TPSA) is 114 Å². The minimum Gasteiger partial charge on any atom is -0.497 e. The van der Waals surface area contributed by atoms with Crippen molar-refractivity contribution in [3.8, 4) is 17.2 Å².